The lowest BCUT2D eigenvalue weighted by atomic mass is 10.0. The highest BCUT2D eigenvalue weighted by molar-refractivity contribution is 6.13. The van der Waals surface area contributed by atoms with Crippen molar-refractivity contribution < 1.29 is 4.42 Å². The van der Waals surface area contributed by atoms with Gasteiger partial charge in [-0.25, -0.2) is 4.98 Å². The van der Waals surface area contributed by atoms with Gasteiger partial charge in [0.05, 0.1) is 16.6 Å². The van der Waals surface area contributed by atoms with Crippen molar-refractivity contribution in [2.24, 2.45) is 0 Å². The lowest BCUT2D eigenvalue weighted by Gasteiger charge is -2.11. The lowest BCUT2D eigenvalue weighted by Crippen LogP contribution is -2.06. The Hall–Kier alpha value is -6.85. The van der Waals surface area contributed by atoms with Crippen molar-refractivity contribution in [3.05, 3.63) is 170 Å². The summed E-state index contributed by atoms with van der Waals surface area (Å²) >= 11 is 0. The summed E-state index contributed by atoms with van der Waals surface area (Å²) in [6, 6.07) is 58.5. The van der Waals surface area contributed by atoms with Gasteiger partial charge in [-0.05, 0) is 41.0 Å². The first kappa shape index (κ1) is 28.2. The lowest BCUT2D eigenvalue weighted by molar-refractivity contribution is 0.670. The first-order valence-corrected chi connectivity index (χ1v) is 16.7. The summed E-state index contributed by atoms with van der Waals surface area (Å²) in [5.41, 5.74) is 9.85. The Morgan fingerprint density at radius 1 is 0.360 bits per heavy atom. The Balaban J connectivity index is 1.23. The highest BCUT2D eigenvalue weighted by Gasteiger charge is 2.21. The summed E-state index contributed by atoms with van der Waals surface area (Å²) in [7, 11) is 0. The molecule has 0 unspecified atom stereocenters. The molecule has 0 aliphatic carbocycles. The maximum Gasteiger partial charge on any atom is 0.238 e. The first-order valence-electron chi connectivity index (χ1n) is 16.7. The molecule has 0 saturated carbocycles. The molecule has 0 bridgehead atoms. The van der Waals surface area contributed by atoms with Crippen molar-refractivity contribution >= 4 is 43.7 Å². The zero-order valence-corrected chi connectivity index (χ0v) is 26.9. The predicted molar refractivity (Wildman–Crippen MR) is 203 cm³/mol. The average Bonchev–Trinajstić information content (AvgIpc) is 3.74. The van der Waals surface area contributed by atoms with Crippen LogP contribution in [-0.4, -0.2) is 19.5 Å². The van der Waals surface area contributed by atoms with Crippen molar-refractivity contribution in [3.63, 3.8) is 0 Å². The van der Waals surface area contributed by atoms with Gasteiger partial charge in [0.1, 0.15) is 11.2 Å². The molecule has 234 valence electrons. The van der Waals surface area contributed by atoms with Gasteiger partial charge in [0, 0.05) is 32.7 Å². The second kappa shape index (κ2) is 11.4. The summed E-state index contributed by atoms with van der Waals surface area (Å²) in [4.78, 5) is 15.5. The van der Waals surface area contributed by atoms with Crippen LogP contribution in [0, 0.1) is 0 Å². The fourth-order valence-corrected chi connectivity index (χ4v) is 7.14. The summed E-state index contributed by atoms with van der Waals surface area (Å²) in [5.74, 6) is 1.69. The first-order chi connectivity index (χ1) is 24.8. The Bertz CT molecular complexity index is 2860. The number of aromatic nitrogens is 4. The van der Waals surface area contributed by atoms with E-state index in [1.54, 1.807) is 0 Å². The molecule has 10 rings (SSSR count). The van der Waals surface area contributed by atoms with E-state index in [0.29, 0.717) is 17.6 Å². The van der Waals surface area contributed by atoms with Crippen molar-refractivity contribution in [2.75, 3.05) is 0 Å². The predicted octanol–water partition coefficient (Wildman–Crippen LogP) is 11.5. The molecule has 0 N–H and O–H groups in total. The fraction of sp³-hybridized carbons (Fsp3) is 0. The maximum atomic E-state index is 6.79. The molecule has 0 atom stereocenters. The van der Waals surface area contributed by atoms with Crippen molar-refractivity contribution in [2.45, 2.75) is 0 Å². The van der Waals surface area contributed by atoms with E-state index in [1.807, 2.05) is 48.5 Å². The van der Waals surface area contributed by atoms with Crippen LogP contribution in [0.25, 0.3) is 94.7 Å². The molecule has 0 fully saturated rings. The molecule has 0 radical (unpaired) electrons. The molecule has 0 saturated heterocycles. The molecular formula is C45H28N4O. The average molecular weight is 641 g/mol. The third-order valence-corrected chi connectivity index (χ3v) is 9.49. The number of rotatable bonds is 5. The van der Waals surface area contributed by atoms with E-state index in [0.717, 1.165) is 71.6 Å². The van der Waals surface area contributed by atoms with Crippen LogP contribution in [0.3, 0.4) is 0 Å². The topological polar surface area (TPSA) is 56.7 Å². The van der Waals surface area contributed by atoms with Gasteiger partial charge in [0.25, 0.3) is 0 Å². The maximum absolute atomic E-state index is 6.79. The molecule has 5 nitrogen and oxygen atoms in total. The van der Waals surface area contributed by atoms with Gasteiger partial charge >= 0.3 is 0 Å². The minimum atomic E-state index is 0.547. The van der Waals surface area contributed by atoms with Crippen LogP contribution in [0.1, 0.15) is 0 Å². The number of para-hydroxylation sites is 3. The van der Waals surface area contributed by atoms with E-state index in [2.05, 4.69) is 126 Å². The van der Waals surface area contributed by atoms with Crippen molar-refractivity contribution in [3.8, 4) is 51.0 Å². The van der Waals surface area contributed by atoms with Crippen LogP contribution in [0.15, 0.2) is 174 Å². The smallest absolute Gasteiger partial charge is 0.238 e. The molecule has 3 heterocycles. The quantitative estimate of drug-likeness (QED) is 0.188. The summed E-state index contributed by atoms with van der Waals surface area (Å²) < 4.78 is 8.94. The minimum absolute atomic E-state index is 0.547. The molecule has 0 amide bonds. The van der Waals surface area contributed by atoms with Crippen molar-refractivity contribution in [1.29, 1.82) is 0 Å². The molecule has 3 aromatic heterocycles. The van der Waals surface area contributed by atoms with Gasteiger partial charge in [0.15, 0.2) is 11.6 Å². The van der Waals surface area contributed by atoms with E-state index in [-0.39, 0.29) is 0 Å². The Morgan fingerprint density at radius 2 is 0.920 bits per heavy atom. The molecule has 7 aromatic carbocycles. The second-order valence-electron chi connectivity index (χ2n) is 12.4. The summed E-state index contributed by atoms with van der Waals surface area (Å²) in [6.07, 6.45) is 0. The van der Waals surface area contributed by atoms with E-state index in [4.69, 9.17) is 19.4 Å². The third-order valence-electron chi connectivity index (χ3n) is 9.49. The zero-order chi connectivity index (χ0) is 33.0. The van der Waals surface area contributed by atoms with Crippen LogP contribution >= 0.6 is 0 Å². The molecule has 10 aromatic rings. The Labute approximate surface area is 287 Å². The normalized spacial score (nSPS) is 11.6. The van der Waals surface area contributed by atoms with E-state index in [1.165, 1.54) is 5.56 Å². The highest BCUT2D eigenvalue weighted by Crippen LogP contribution is 2.40. The van der Waals surface area contributed by atoms with E-state index in [9.17, 15) is 0 Å². The fourth-order valence-electron chi connectivity index (χ4n) is 7.14. The van der Waals surface area contributed by atoms with E-state index >= 15 is 0 Å². The van der Waals surface area contributed by atoms with Crippen LogP contribution in [-0.2, 0) is 0 Å². The summed E-state index contributed by atoms with van der Waals surface area (Å²) in [5, 5.41) is 4.34. The number of hydrogen-bond donors (Lipinski definition) is 0. The largest absolute Gasteiger partial charge is 0.455 e. The third kappa shape index (κ3) is 4.52. The molecule has 5 heteroatoms. The molecular weight excluding hydrogens is 613 g/mol. The van der Waals surface area contributed by atoms with Crippen LogP contribution in [0.5, 0.6) is 0 Å². The number of fused-ring (bicyclic) bond motifs is 6. The number of furan rings is 1. The number of benzene rings is 7. The van der Waals surface area contributed by atoms with Gasteiger partial charge in [-0.3, -0.25) is 4.57 Å². The monoisotopic (exact) mass is 640 g/mol. The number of hydrogen-bond acceptors (Lipinski definition) is 4. The SMILES string of the molecule is c1ccc(-c2ccc3c(c2)c2ccccc2n3-c2nc(-c3ccccc3)nc(-c3cccc4c3oc3c(-c5ccccc5)cccc34)n2)cc1. The number of nitrogens with zero attached hydrogens (tertiary/aromatic N) is 4. The molecule has 0 aliphatic heterocycles. The Morgan fingerprint density at radius 3 is 1.66 bits per heavy atom. The standard InChI is InChI=1S/C45H28N4O/c1-4-14-29(15-5-1)32-26-27-40-38(28-32)34-20-10-11-25-39(34)49(40)45-47-43(31-18-8-3-9-19-31)46-44(48-45)37-24-13-23-36-35-22-12-21-33(41(35)50-42(36)37)30-16-6-2-7-17-30/h1-28H. The molecule has 0 spiro atoms. The van der Waals surface area contributed by atoms with Gasteiger partial charge in [-0.1, -0.05) is 146 Å². The Kier molecular flexibility index (Phi) is 6.42. The van der Waals surface area contributed by atoms with Gasteiger partial charge in [0.2, 0.25) is 5.95 Å². The van der Waals surface area contributed by atoms with E-state index < -0.39 is 0 Å². The molecule has 50 heavy (non-hydrogen) atoms. The minimum Gasteiger partial charge on any atom is -0.455 e. The highest BCUT2D eigenvalue weighted by atomic mass is 16.3. The van der Waals surface area contributed by atoms with Crippen LogP contribution in [0.2, 0.25) is 0 Å². The van der Waals surface area contributed by atoms with Crippen LogP contribution < -0.4 is 0 Å². The second-order valence-corrected chi connectivity index (χ2v) is 12.4. The van der Waals surface area contributed by atoms with Gasteiger partial charge in [-0.2, -0.15) is 9.97 Å². The van der Waals surface area contributed by atoms with Gasteiger partial charge in [-0.15, -0.1) is 0 Å². The summed E-state index contributed by atoms with van der Waals surface area (Å²) in [6.45, 7) is 0. The van der Waals surface area contributed by atoms with Crippen LogP contribution in [0.4, 0.5) is 0 Å². The zero-order valence-electron chi connectivity index (χ0n) is 26.9. The molecule has 0 aliphatic rings. The van der Waals surface area contributed by atoms with Gasteiger partial charge < -0.3 is 4.42 Å². The van der Waals surface area contributed by atoms with Crippen molar-refractivity contribution in [1.82, 2.24) is 19.5 Å².